The van der Waals surface area contributed by atoms with Gasteiger partial charge in [0, 0.05) is 44.7 Å². The highest BCUT2D eigenvalue weighted by Crippen LogP contribution is 2.27. The first-order chi connectivity index (χ1) is 19.2. The summed E-state index contributed by atoms with van der Waals surface area (Å²) >= 11 is 0. The maximum absolute atomic E-state index is 13.5. The molecule has 2 heterocycles. The van der Waals surface area contributed by atoms with E-state index in [4.69, 9.17) is 10.5 Å². The number of nitrogens with two attached hydrogens (primary N) is 1. The van der Waals surface area contributed by atoms with Crippen LogP contribution in [0.5, 0.6) is 5.75 Å². The van der Waals surface area contributed by atoms with E-state index < -0.39 is 30.1 Å². The molecule has 1 aromatic carbocycles. The topological polar surface area (TPSA) is 127 Å². The SMILES string of the molecule is C=C(/C=C\C)C[C@H](NC(=O)[C@@H]1CC(Oc2ccncc2)CN1C(=O)CC(N)c1ccccc1C)C(=O)NC.CC. The summed E-state index contributed by atoms with van der Waals surface area (Å²) in [6.45, 7) is 12.0. The van der Waals surface area contributed by atoms with Crippen LogP contribution in [0.15, 0.2) is 73.1 Å². The lowest BCUT2D eigenvalue weighted by molar-refractivity contribution is -0.139. The average molecular weight is 550 g/mol. The molecule has 0 saturated carbocycles. The lowest BCUT2D eigenvalue weighted by Crippen LogP contribution is -2.53. The fraction of sp³-hybridized carbons (Fsp3) is 0.419. The van der Waals surface area contributed by atoms with Gasteiger partial charge in [0.05, 0.1) is 6.54 Å². The number of allylic oxidation sites excluding steroid dienone is 2. The van der Waals surface area contributed by atoms with Crippen LogP contribution in [-0.2, 0) is 14.4 Å². The highest BCUT2D eigenvalue weighted by atomic mass is 16.5. The monoisotopic (exact) mass is 549 g/mol. The zero-order valence-electron chi connectivity index (χ0n) is 24.2. The number of hydrogen-bond donors (Lipinski definition) is 3. The smallest absolute Gasteiger partial charge is 0.243 e. The van der Waals surface area contributed by atoms with E-state index in [0.717, 1.165) is 11.1 Å². The van der Waals surface area contributed by atoms with Crippen molar-refractivity contribution < 1.29 is 19.1 Å². The molecule has 2 aromatic rings. The van der Waals surface area contributed by atoms with Crippen molar-refractivity contribution in [3.63, 3.8) is 0 Å². The summed E-state index contributed by atoms with van der Waals surface area (Å²) in [6.07, 6.45) is 6.98. The van der Waals surface area contributed by atoms with Crippen molar-refractivity contribution >= 4 is 17.7 Å². The molecule has 0 spiro atoms. The molecule has 3 amide bonds. The highest BCUT2D eigenvalue weighted by Gasteiger charge is 2.42. The molecule has 1 saturated heterocycles. The number of nitrogens with zero attached hydrogens (tertiary/aromatic N) is 2. The summed E-state index contributed by atoms with van der Waals surface area (Å²) in [6, 6.07) is 8.94. The van der Waals surface area contributed by atoms with Gasteiger partial charge < -0.3 is 26.0 Å². The van der Waals surface area contributed by atoms with Crippen LogP contribution in [0.2, 0.25) is 0 Å². The van der Waals surface area contributed by atoms with Crippen molar-refractivity contribution in [1.82, 2.24) is 20.5 Å². The molecule has 0 aliphatic carbocycles. The molecule has 4 N–H and O–H groups in total. The standard InChI is InChI=1S/C29H37N5O4.C2H6/c1-5-8-19(2)15-25(28(36)31-4)33-29(37)26-16-22(38-21-11-13-32-14-12-21)18-34(26)27(35)17-24(30)23-10-7-6-9-20(23)3;1-2/h5-14,22,24-26H,2,15-18,30H2,1,3-4H3,(H,31,36)(H,33,37);1-2H3/b8-5-;/t22?,24?,25-,26-;/m0./s1. The molecule has 1 aliphatic rings. The number of rotatable bonds is 11. The Balaban J connectivity index is 0.00000274. The minimum Gasteiger partial charge on any atom is -0.488 e. The van der Waals surface area contributed by atoms with Crippen LogP contribution in [-0.4, -0.2) is 59.4 Å². The number of likely N-dealkylation sites (N-methyl/N-ethyl adjacent to an activating group) is 1. The third-order valence-corrected chi connectivity index (χ3v) is 6.57. The van der Waals surface area contributed by atoms with Crippen molar-refractivity contribution in [2.45, 2.75) is 71.2 Å². The molecule has 3 rings (SSSR count). The number of amides is 3. The molecule has 9 heteroatoms. The molecular weight excluding hydrogens is 506 g/mol. The van der Waals surface area contributed by atoms with E-state index in [1.165, 1.54) is 11.9 Å². The van der Waals surface area contributed by atoms with Crippen molar-refractivity contribution in [1.29, 1.82) is 0 Å². The first kappa shape index (κ1) is 32.2. The summed E-state index contributed by atoms with van der Waals surface area (Å²) in [5.41, 5.74) is 8.99. The number of nitrogens with one attached hydrogen (secondary N) is 2. The maximum atomic E-state index is 13.5. The van der Waals surface area contributed by atoms with Crippen molar-refractivity contribution in [3.8, 4) is 5.75 Å². The first-order valence-corrected chi connectivity index (χ1v) is 13.7. The number of aromatic nitrogens is 1. The van der Waals surface area contributed by atoms with Crippen LogP contribution < -0.4 is 21.1 Å². The molecule has 2 unspecified atom stereocenters. The van der Waals surface area contributed by atoms with E-state index in [0.29, 0.717) is 11.3 Å². The second-order valence-corrected chi connectivity index (χ2v) is 9.43. The number of likely N-dealkylation sites (tertiary alicyclic amines) is 1. The molecule has 0 radical (unpaired) electrons. The van der Waals surface area contributed by atoms with Gasteiger partial charge in [-0.05, 0) is 37.1 Å². The molecule has 9 nitrogen and oxygen atoms in total. The van der Waals surface area contributed by atoms with Gasteiger partial charge in [-0.15, -0.1) is 0 Å². The number of pyridine rings is 1. The van der Waals surface area contributed by atoms with E-state index >= 15 is 0 Å². The van der Waals surface area contributed by atoms with E-state index in [-0.39, 0.29) is 37.6 Å². The number of benzene rings is 1. The molecule has 40 heavy (non-hydrogen) atoms. The minimum atomic E-state index is -0.831. The fourth-order valence-electron chi connectivity index (χ4n) is 4.65. The number of carbonyl (C=O) groups is 3. The number of hydrogen-bond acceptors (Lipinski definition) is 6. The van der Waals surface area contributed by atoms with E-state index in [2.05, 4.69) is 22.2 Å². The quantitative estimate of drug-likeness (QED) is 0.368. The molecule has 1 aromatic heterocycles. The Hall–Kier alpha value is -3.98. The first-order valence-electron chi connectivity index (χ1n) is 13.7. The van der Waals surface area contributed by atoms with Gasteiger partial charge in [0.1, 0.15) is 23.9 Å². The number of ether oxygens (including phenoxy) is 1. The largest absolute Gasteiger partial charge is 0.488 e. The fourth-order valence-corrected chi connectivity index (χ4v) is 4.65. The Morgan fingerprint density at radius 2 is 1.85 bits per heavy atom. The van der Waals surface area contributed by atoms with Crippen molar-refractivity contribution in [2.24, 2.45) is 5.73 Å². The Kier molecular flexibility index (Phi) is 13.1. The third-order valence-electron chi connectivity index (χ3n) is 6.57. The molecular formula is C31H43N5O4. The van der Waals surface area contributed by atoms with Crippen molar-refractivity contribution in [3.05, 3.63) is 84.2 Å². The summed E-state index contributed by atoms with van der Waals surface area (Å²) in [5, 5.41) is 5.41. The average Bonchev–Trinajstić information content (AvgIpc) is 3.38. The Morgan fingerprint density at radius 1 is 1.18 bits per heavy atom. The Bertz CT molecular complexity index is 1170. The third kappa shape index (κ3) is 9.05. The Morgan fingerprint density at radius 3 is 2.48 bits per heavy atom. The lowest BCUT2D eigenvalue weighted by Gasteiger charge is -2.27. The number of aryl methyl sites for hydroxylation is 1. The zero-order chi connectivity index (χ0) is 29.7. The van der Waals surface area contributed by atoms with Crippen LogP contribution in [0.4, 0.5) is 0 Å². The van der Waals surface area contributed by atoms with Gasteiger partial charge in [0.15, 0.2) is 0 Å². The lowest BCUT2D eigenvalue weighted by atomic mass is 9.99. The summed E-state index contributed by atoms with van der Waals surface area (Å²) in [5.74, 6) is -0.422. The van der Waals surface area contributed by atoms with Crippen molar-refractivity contribution in [2.75, 3.05) is 13.6 Å². The van der Waals surface area contributed by atoms with Gasteiger partial charge in [0.2, 0.25) is 17.7 Å². The molecule has 1 aliphatic heterocycles. The van der Waals surface area contributed by atoms with Gasteiger partial charge >= 0.3 is 0 Å². The molecule has 216 valence electrons. The maximum Gasteiger partial charge on any atom is 0.243 e. The van der Waals surface area contributed by atoms with Crippen LogP contribution in [0.25, 0.3) is 0 Å². The predicted octanol–water partition coefficient (Wildman–Crippen LogP) is 3.61. The second-order valence-electron chi connectivity index (χ2n) is 9.43. The van der Waals surface area contributed by atoms with Gasteiger partial charge in [-0.25, -0.2) is 0 Å². The number of carbonyl (C=O) groups excluding carboxylic acids is 3. The minimum absolute atomic E-state index is 0.0353. The normalized spacial score (nSPS) is 17.8. The second kappa shape index (κ2) is 16.2. The van der Waals surface area contributed by atoms with Gasteiger partial charge in [0.25, 0.3) is 0 Å². The summed E-state index contributed by atoms with van der Waals surface area (Å²) in [4.78, 5) is 45.0. The molecule has 0 bridgehead atoms. The Labute approximate surface area is 237 Å². The molecule has 1 fully saturated rings. The van der Waals surface area contributed by atoms with Crippen LogP contribution in [0.3, 0.4) is 0 Å². The summed E-state index contributed by atoms with van der Waals surface area (Å²) < 4.78 is 6.07. The van der Waals surface area contributed by atoms with E-state index in [9.17, 15) is 14.4 Å². The van der Waals surface area contributed by atoms with E-state index in [1.807, 2.05) is 58.0 Å². The molecule has 4 atom stereocenters. The highest BCUT2D eigenvalue weighted by molar-refractivity contribution is 5.92. The van der Waals surface area contributed by atoms with Crippen LogP contribution >= 0.6 is 0 Å². The predicted molar refractivity (Wildman–Crippen MR) is 157 cm³/mol. The van der Waals surface area contributed by atoms with Crippen LogP contribution in [0, 0.1) is 6.92 Å². The van der Waals surface area contributed by atoms with Gasteiger partial charge in [-0.3, -0.25) is 19.4 Å². The van der Waals surface area contributed by atoms with Gasteiger partial charge in [-0.1, -0.05) is 62.4 Å². The zero-order valence-corrected chi connectivity index (χ0v) is 24.2. The summed E-state index contributed by atoms with van der Waals surface area (Å²) in [7, 11) is 1.51. The van der Waals surface area contributed by atoms with Crippen LogP contribution in [0.1, 0.15) is 57.2 Å². The van der Waals surface area contributed by atoms with Gasteiger partial charge in [-0.2, -0.15) is 0 Å². The van der Waals surface area contributed by atoms with E-state index in [1.54, 1.807) is 30.6 Å².